The van der Waals surface area contributed by atoms with Gasteiger partial charge < -0.3 is 29.7 Å². The fourth-order valence-electron chi connectivity index (χ4n) is 5.67. The molecule has 2 aliphatic heterocycles. The first-order valence-electron chi connectivity index (χ1n) is 15.3. The lowest BCUT2D eigenvalue weighted by atomic mass is 10.0. The van der Waals surface area contributed by atoms with E-state index in [0.717, 1.165) is 42.9 Å². The zero-order valence-electron chi connectivity index (χ0n) is 25.6. The number of hydrogen-bond donors (Lipinski definition) is 2. The van der Waals surface area contributed by atoms with Crippen LogP contribution in [0.2, 0.25) is 0 Å². The number of nitrogens with zero attached hydrogens (tertiary/aromatic N) is 5. The van der Waals surface area contributed by atoms with Gasteiger partial charge >= 0.3 is 0 Å². The number of aromatic nitrogens is 3. The van der Waals surface area contributed by atoms with Crippen molar-refractivity contribution < 1.29 is 14.3 Å². The van der Waals surface area contributed by atoms with Crippen molar-refractivity contribution in [1.82, 2.24) is 19.4 Å². The molecule has 0 unspecified atom stereocenters. The van der Waals surface area contributed by atoms with Gasteiger partial charge in [0.2, 0.25) is 0 Å². The first-order valence-corrected chi connectivity index (χ1v) is 15.3. The summed E-state index contributed by atoms with van der Waals surface area (Å²) in [6.07, 6.45) is 6.86. The number of ether oxygens (including phenoxy) is 1. The number of rotatable bonds is 7. The largest absolute Gasteiger partial charge is 0.378 e. The molecule has 11 nitrogen and oxygen atoms in total. The van der Waals surface area contributed by atoms with Gasteiger partial charge in [-0.3, -0.25) is 14.4 Å². The molecule has 4 aromatic rings. The normalized spacial score (nSPS) is 15.1. The summed E-state index contributed by atoms with van der Waals surface area (Å²) in [6.45, 7) is 6.10. The van der Waals surface area contributed by atoms with Gasteiger partial charge in [-0.05, 0) is 74.2 Å². The molecule has 0 aliphatic carbocycles. The third-order valence-corrected chi connectivity index (χ3v) is 8.31. The third kappa shape index (κ3) is 6.73. The van der Waals surface area contributed by atoms with Gasteiger partial charge in [0, 0.05) is 68.1 Å². The van der Waals surface area contributed by atoms with Gasteiger partial charge in [-0.1, -0.05) is 12.1 Å². The Kier molecular flexibility index (Phi) is 8.88. The second kappa shape index (κ2) is 13.3. The molecule has 232 valence electrons. The number of aryl methyl sites for hydroxylation is 1. The van der Waals surface area contributed by atoms with Crippen LogP contribution >= 0.6 is 0 Å². The van der Waals surface area contributed by atoms with Gasteiger partial charge in [0.05, 0.1) is 24.5 Å². The first-order chi connectivity index (χ1) is 21.9. The van der Waals surface area contributed by atoms with Crippen molar-refractivity contribution in [1.29, 1.82) is 0 Å². The summed E-state index contributed by atoms with van der Waals surface area (Å²) in [6, 6.07) is 16.3. The number of carbonyl (C=O) groups excluding carboxylic acids is 2. The molecular weight excluding hydrogens is 570 g/mol. The van der Waals surface area contributed by atoms with Crippen molar-refractivity contribution in [2.45, 2.75) is 26.2 Å². The van der Waals surface area contributed by atoms with Crippen LogP contribution in [0.5, 0.6) is 0 Å². The summed E-state index contributed by atoms with van der Waals surface area (Å²) in [4.78, 5) is 52.2. The average Bonchev–Trinajstić information content (AvgIpc) is 3.08. The first kappa shape index (κ1) is 30.0. The van der Waals surface area contributed by atoms with Crippen LogP contribution in [0.1, 0.15) is 45.5 Å². The lowest BCUT2D eigenvalue weighted by molar-refractivity contribution is 0.0303. The van der Waals surface area contributed by atoms with Gasteiger partial charge in [-0.2, -0.15) is 0 Å². The molecule has 0 spiro atoms. The van der Waals surface area contributed by atoms with Crippen LogP contribution in [0.15, 0.2) is 71.8 Å². The Morgan fingerprint density at radius 3 is 2.33 bits per heavy atom. The second-order valence-electron chi connectivity index (χ2n) is 11.4. The van der Waals surface area contributed by atoms with Gasteiger partial charge in [0.15, 0.2) is 5.82 Å². The minimum atomic E-state index is -0.296. The van der Waals surface area contributed by atoms with E-state index in [4.69, 9.17) is 4.74 Å². The van der Waals surface area contributed by atoms with Crippen LogP contribution in [0.4, 0.5) is 23.0 Å². The molecule has 2 amide bonds. The monoisotopic (exact) mass is 607 g/mol. The maximum atomic E-state index is 13.1. The quantitative estimate of drug-likeness (QED) is 0.313. The van der Waals surface area contributed by atoms with Crippen molar-refractivity contribution in [2.75, 3.05) is 54.9 Å². The predicted octanol–water partition coefficient (Wildman–Crippen LogP) is 4.61. The Labute approximate surface area is 261 Å². The average molecular weight is 608 g/mol. The van der Waals surface area contributed by atoms with E-state index in [1.54, 1.807) is 48.6 Å². The van der Waals surface area contributed by atoms with E-state index in [2.05, 4.69) is 25.5 Å². The minimum absolute atomic E-state index is 0.0472. The second-order valence-corrected chi connectivity index (χ2v) is 11.4. The molecule has 4 heterocycles. The molecule has 45 heavy (non-hydrogen) atoms. The smallest absolute Gasteiger partial charge is 0.293 e. The molecule has 2 aliphatic rings. The maximum Gasteiger partial charge on any atom is 0.293 e. The molecule has 2 aromatic heterocycles. The lowest BCUT2D eigenvalue weighted by Crippen LogP contribution is -2.40. The summed E-state index contributed by atoms with van der Waals surface area (Å²) in [5, 5.41) is 6.13. The Morgan fingerprint density at radius 2 is 1.62 bits per heavy atom. The van der Waals surface area contributed by atoms with Crippen LogP contribution in [0.3, 0.4) is 0 Å². The molecule has 0 saturated carbocycles. The zero-order valence-corrected chi connectivity index (χ0v) is 25.6. The molecule has 2 saturated heterocycles. The predicted molar refractivity (Wildman–Crippen MR) is 174 cm³/mol. The molecule has 2 fully saturated rings. The summed E-state index contributed by atoms with van der Waals surface area (Å²) in [7, 11) is 1.67. The van der Waals surface area contributed by atoms with Crippen LogP contribution in [0.25, 0.3) is 11.3 Å². The topological polar surface area (TPSA) is 122 Å². The number of piperidine rings is 1. The number of anilines is 4. The van der Waals surface area contributed by atoms with Crippen molar-refractivity contribution >= 4 is 34.8 Å². The molecule has 2 aromatic carbocycles. The van der Waals surface area contributed by atoms with E-state index in [9.17, 15) is 14.4 Å². The van der Waals surface area contributed by atoms with E-state index in [0.29, 0.717) is 54.5 Å². The van der Waals surface area contributed by atoms with Crippen molar-refractivity contribution in [2.24, 2.45) is 7.05 Å². The van der Waals surface area contributed by atoms with Crippen molar-refractivity contribution in [3.63, 3.8) is 0 Å². The number of amides is 2. The zero-order chi connectivity index (χ0) is 31.3. The highest BCUT2D eigenvalue weighted by Crippen LogP contribution is 2.28. The third-order valence-electron chi connectivity index (χ3n) is 8.31. The SMILES string of the molecule is Cc1c(NC(=O)c2ccc(N3CCCCC3)nc2)cccc1-c1cn(C)c(=O)c(Nc2ccc(C(=O)N3CCOCC3)cc2)n1. The summed E-state index contributed by atoms with van der Waals surface area (Å²) in [5.41, 5.74) is 4.18. The minimum Gasteiger partial charge on any atom is -0.378 e. The molecule has 11 heteroatoms. The molecular formula is C34H37N7O4. The Morgan fingerprint density at radius 1 is 0.889 bits per heavy atom. The number of hydrogen-bond acceptors (Lipinski definition) is 8. The van der Waals surface area contributed by atoms with Crippen LogP contribution in [0, 0.1) is 6.92 Å². The number of pyridine rings is 1. The van der Waals surface area contributed by atoms with E-state index in [-0.39, 0.29) is 23.2 Å². The standard InChI is InChI=1S/C34H37N7O4/c1-23-27(7-6-8-28(23)38-32(42)25-11-14-30(35-21-25)40-15-4-3-5-16-40)29-22-39(2)34(44)31(37-29)36-26-12-9-24(10-13-26)33(43)41-17-19-45-20-18-41/h6-14,21-22H,3-5,15-20H2,1-2H3,(H,36,37)(H,38,42). The Balaban J connectivity index is 1.18. The molecule has 2 N–H and O–H groups in total. The highest BCUT2D eigenvalue weighted by atomic mass is 16.5. The number of carbonyl (C=O) groups is 2. The highest BCUT2D eigenvalue weighted by molar-refractivity contribution is 6.05. The Bertz CT molecular complexity index is 1740. The summed E-state index contributed by atoms with van der Waals surface area (Å²) in [5.74, 6) is 0.747. The molecule has 0 bridgehead atoms. The summed E-state index contributed by atoms with van der Waals surface area (Å²) < 4.78 is 6.81. The van der Waals surface area contributed by atoms with Gasteiger partial charge in [-0.25, -0.2) is 9.97 Å². The van der Waals surface area contributed by atoms with Crippen LogP contribution in [-0.4, -0.2) is 70.6 Å². The van der Waals surface area contributed by atoms with Crippen LogP contribution in [-0.2, 0) is 11.8 Å². The maximum absolute atomic E-state index is 13.1. The van der Waals surface area contributed by atoms with Gasteiger partial charge in [-0.15, -0.1) is 0 Å². The fourth-order valence-corrected chi connectivity index (χ4v) is 5.67. The fraction of sp³-hybridized carbons (Fsp3) is 0.324. The van der Waals surface area contributed by atoms with E-state index >= 15 is 0 Å². The van der Waals surface area contributed by atoms with Crippen LogP contribution < -0.4 is 21.1 Å². The Hall–Kier alpha value is -5.03. The van der Waals surface area contributed by atoms with Gasteiger partial charge in [0.25, 0.3) is 17.4 Å². The summed E-state index contributed by atoms with van der Waals surface area (Å²) >= 11 is 0. The lowest BCUT2D eigenvalue weighted by Gasteiger charge is -2.27. The number of nitrogens with one attached hydrogen (secondary N) is 2. The molecule has 0 atom stereocenters. The number of benzene rings is 2. The molecule has 0 radical (unpaired) electrons. The van der Waals surface area contributed by atoms with E-state index in [1.165, 1.54) is 11.0 Å². The molecule has 6 rings (SSSR count). The van der Waals surface area contributed by atoms with Crippen molar-refractivity contribution in [3.05, 3.63) is 94.0 Å². The van der Waals surface area contributed by atoms with E-state index < -0.39 is 0 Å². The van der Waals surface area contributed by atoms with E-state index in [1.807, 2.05) is 37.3 Å². The van der Waals surface area contributed by atoms with Crippen molar-refractivity contribution in [3.8, 4) is 11.3 Å². The van der Waals surface area contributed by atoms with Gasteiger partial charge in [0.1, 0.15) is 5.82 Å². The number of morpholine rings is 1. The highest BCUT2D eigenvalue weighted by Gasteiger charge is 2.19.